The zero-order valence-electron chi connectivity index (χ0n) is 9.03. The summed E-state index contributed by atoms with van der Waals surface area (Å²) < 4.78 is 2.73. The first-order valence-corrected chi connectivity index (χ1v) is 5.63. The molecule has 0 unspecified atom stereocenters. The van der Waals surface area contributed by atoms with Gasteiger partial charge in [-0.15, -0.1) is 0 Å². The summed E-state index contributed by atoms with van der Waals surface area (Å²) in [5.74, 6) is 0.0247. The summed E-state index contributed by atoms with van der Waals surface area (Å²) in [6, 6.07) is 1.82. The molecular weight excluding hydrogens is 258 g/mol. The molecule has 0 fully saturated rings. The van der Waals surface area contributed by atoms with E-state index in [9.17, 15) is 4.79 Å². The monoisotopic (exact) mass is 273 g/mol. The van der Waals surface area contributed by atoms with Crippen molar-refractivity contribution in [3.05, 3.63) is 22.4 Å². The van der Waals surface area contributed by atoms with E-state index in [1.807, 2.05) is 23.9 Å². The Balaban J connectivity index is 2.71. The smallest absolute Gasteiger partial charge is 0.270 e. The lowest BCUT2D eigenvalue weighted by atomic mass is 10.3. The van der Waals surface area contributed by atoms with Crippen LogP contribution in [0, 0.1) is 0 Å². The second-order valence-electron chi connectivity index (χ2n) is 3.52. The Morgan fingerprint density at radius 2 is 2.33 bits per heavy atom. The molecule has 1 aromatic rings. The topological polar surface area (TPSA) is 51.3 Å². The van der Waals surface area contributed by atoms with E-state index < -0.39 is 0 Å². The van der Waals surface area contributed by atoms with Crippen molar-refractivity contribution >= 4 is 21.8 Å². The fourth-order valence-corrected chi connectivity index (χ4v) is 1.89. The number of aryl methyl sites for hydroxylation is 1. The van der Waals surface area contributed by atoms with Crippen molar-refractivity contribution in [1.82, 2.24) is 9.47 Å². The molecule has 0 radical (unpaired) electrons. The molecule has 1 aromatic heterocycles. The lowest BCUT2D eigenvalue weighted by Gasteiger charge is -2.16. The van der Waals surface area contributed by atoms with E-state index in [4.69, 9.17) is 5.73 Å². The van der Waals surface area contributed by atoms with Crippen molar-refractivity contribution in [3.63, 3.8) is 0 Å². The second-order valence-corrected chi connectivity index (χ2v) is 4.44. The van der Waals surface area contributed by atoms with E-state index >= 15 is 0 Å². The molecule has 0 aliphatic heterocycles. The van der Waals surface area contributed by atoms with E-state index in [-0.39, 0.29) is 5.91 Å². The number of hydrogen-bond donors (Lipinski definition) is 1. The average molecular weight is 274 g/mol. The highest BCUT2D eigenvalue weighted by molar-refractivity contribution is 9.10. The van der Waals surface area contributed by atoms with Crippen molar-refractivity contribution in [2.45, 2.75) is 6.42 Å². The van der Waals surface area contributed by atoms with Crippen LogP contribution in [0.3, 0.4) is 0 Å². The molecule has 0 atom stereocenters. The number of aromatic nitrogens is 1. The fourth-order valence-electron chi connectivity index (χ4n) is 1.36. The molecule has 0 saturated carbocycles. The third-order valence-corrected chi connectivity index (χ3v) is 2.67. The van der Waals surface area contributed by atoms with Gasteiger partial charge in [0.05, 0.1) is 0 Å². The van der Waals surface area contributed by atoms with Crippen molar-refractivity contribution in [1.29, 1.82) is 0 Å². The minimum Gasteiger partial charge on any atom is -0.345 e. The first-order chi connectivity index (χ1) is 7.06. The lowest BCUT2D eigenvalue weighted by molar-refractivity contribution is 0.0785. The van der Waals surface area contributed by atoms with Crippen LogP contribution in [0.5, 0.6) is 0 Å². The van der Waals surface area contributed by atoms with Crippen LogP contribution in [0.25, 0.3) is 0 Å². The molecule has 4 nitrogen and oxygen atoms in total. The number of carbonyl (C=O) groups is 1. The molecule has 0 bridgehead atoms. The summed E-state index contributed by atoms with van der Waals surface area (Å²) >= 11 is 3.34. The van der Waals surface area contributed by atoms with Crippen molar-refractivity contribution in [3.8, 4) is 0 Å². The zero-order chi connectivity index (χ0) is 11.4. The molecule has 5 heteroatoms. The van der Waals surface area contributed by atoms with Crippen LogP contribution in [0.1, 0.15) is 16.9 Å². The predicted molar refractivity (Wildman–Crippen MR) is 63.7 cm³/mol. The van der Waals surface area contributed by atoms with Gasteiger partial charge in [-0.25, -0.2) is 0 Å². The van der Waals surface area contributed by atoms with Crippen LogP contribution < -0.4 is 5.73 Å². The number of halogens is 1. The highest BCUT2D eigenvalue weighted by atomic mass is 79.9. The Kier molecular flexibility index (Phi) is 4.35. The highest BCUT2D eigenvalue weighted by Gasteiger charge is 2.14. The number of nitrogens with zero attached hydrogens (tertiary/aromatic N) is 2. The molecule has 0 aliphatic carbocycles. The van der Waals surface area contributed by atoms with Crippen LogP contribution in [-0.2, 0) is 7.05 Å². The molecule has 1 amide bonds. The molecular formula is C10H16BrN3O. The minimum atomic E-state index is 0.0247. The van der Waals surface area contributed by atoms with Gasteiger partial charge in [0, 0.05) is 31.3 Å². The normalized spacial score (nSPS) is 10.4. The average Bonchev–Trinajstić information content (AvgIpc) is 2.53. The molecule has 0 aromatic carbocycles. The van der Waals surface area contributed by atoms with Gasteiger partial charge < -0.3 is 15.2 Å². The van der Waals surface area contributed by atoms with Gasteiger partial charge in [-0.3, -0.25) is 4.79 Å². The summed E-state index contributed by atoms with van der Waals surface area (Å²) in [6.07, 6.45) is 2.69. The maximum Gasteiger partial charge on any atom is 0.270 e. The third-order valence-electron chi connectivity index (χ3n) is 2.24. The SMILES string of the molecule is CN(CCCN)C(=O)c1cc(Br)cn1C. The van der Waals surface area contributed by atoms with Gasteiger partial charge in [0.1, 0.15) is 5.69 Å². The highest BCUT2D eigenvalue weighted by Crippen LogP contribution is 2.14. The molecule has 0 spiro atoms. The Labute approximate surface area is 98.2 Å². The number of amides is 1. The summed E-state index contributed by atoms with van der Waals surface area (Å²) in [5.41, 5.74) is 6.08. The van der Waals surface area contributed by atoms with Gasteiger partial charge in [0.25, 0.3) is 5.91 Å². The number of hydrogen-bond acceptors (Lipinski definition) is 2. The number of carbonyl (C=O) groups excluding carboxylic acids is 1. The molecule has 2 N–H and O–H groups in total. The van der Waals surface area contributed by atoms with Gasteiger partial charge in [0.2, 0.25) is 0 Å². The van der Waals surface area contributed by atoms with Crippen LogP contribution in [0.2, 0.25) is 0 Å². The van der Waals surface area contributed by atoms with Crippen LogP contribution in [0.4, 0.5) is 0 Å². The minimum absolute atomic E-state index is 0.0247. The summed E-state index contributed by atoms with van der Waals surface area (Å²) in [5, 5.41) is 0. The maximum absolute atomic E-state index is 11.9. The van der Waals surface area contributed by atoms with Gasteiger partial charge in [-0.05, 0) is 35.0 Å². The van der Waals surface area contributed by atoms with Crippen LogP contribution in [0.15, 0.2) is 16.7 Å². The first kappa shape index (κ1) is 12.3. The molecule has 15 heavy (non-hydrogen) atoms. The second kappa shape index (κ2) is 5.32. The van der Waals surface area contributed by atoms with E-state index in [0.717, 1.165) is 10.9 Å². The van der Waals surface area contributed by atoms with Crippen molar-refractivity contribution in [2.24, 2.45) is 12.8 Å². The molecule has 0 aliphatic rings. The maximum atomic E-state index is 11.9. The van der Waals surface area contributed by atoms with Crippen molar-refractivity contribution < 1.29 is 4.79 Å². The zero-order valence-corrected chi connectivity index (χ0v) is 10.6. The Morgan fingerprint density at radius 1 is 1.67 bits per heavy atom. The third kappa shape index (κ3) is 3.07. The van der Waals surface area contributed by atoms with E-state index in [0.29, 0.717) is 18.8 Å². The molecule has 1 rings (SSSR count). The fraction of sp³-hybridized carbons (Fsp3) is 0.500. The van der Waals surface area contributed by atoms with Gasteiger partial charge in [-0.2, -0.15) is 0 Å². The quantitative estimate of drug-likeness (QED) is 0.897. The summed E-state index contributed by atoms with van der Waals surface area (Å²) in [6.45, 7) is 1.30. The lowest BCUT2D eigenvalue weighted by Crippen LogP contribution is -2.30. The largest absolute Gasteiger partial charge is 0.345 e. The molecule has 1 heterocycles. The van der Waals surface area contributed by atoms with E-state index in [1.165, 1.54) is 0 Å². The van der Waals surface area contributed by atoms with Gasteiger partial charge in [-0.1, -0.05) is 0 Å². The van der Waals surface area contributed by atoms with E-state index in [2.05, 4.69) is 15.9 Å². The standard InChI is InChI=1S/C10H16BrN3O/c1-13(5-3-4-12)10(15)9-6-8(11)7-14(9)2/h6-7H,3-5,12H2,1-2H3. The Hall–Kier alpha value is -0.810. The van der Waals surface area contributed by atoms with Gasteiger partial charge >= 0.3 is 0 Å². The first-order valence-electron chi connectivity index (χ1n) is 4.83. The molecule has 0 saturated heterocycles. The van der Waals surface area contributed by atoms with Crippen LogP contribution in [-0.4, -0.2) is 35.5 Å². The number of rotatable bonds is 4. The Morgan fingerprint density at radius 3 is 2.80 bits per heavy atom. The van der Waals surface area contributed by atoms with E-state index in [1.54, 1.807) is 11.9 Å². The number of nitrogens with two attached hydrogens (primary N) is 1. The summed E-state index contributed by atoms with van der Waals surface area (Å²) in [7, 11) is 3.65. The van der Waals surface area contributed by atoms with Crippen molar-refractivity contribution in [2.75, 3.05) is 20.1 Å². The van der Waals surface area contributed by atoms with Crippen LogP contribution >= 0.6 is 15.9 Å². The van der Waals surface area contributed by atoms with Gasteiger partial charge in [0.15, 0.2) is 0 Å². The summed E-state index contributed by atoms with van der Waals surface area (Å²) in [4.78, 5) is 13.6. The predicted octanol–water partition coefficient (Wildman–Crippen LogP) is 1.21. The molecule has 84 valence electrons. The Bertz CT molecular complexity index is 348.